The van der Waals surface area contributed by atoms with Gasteiger partial charge in [-0.05, 0) is 19.1 Å². The number of hydrogen-bond donors (Lipinski definition) is 1. The van der Waals surface area contributed by atoms with Crippen LogP contribution in [0.4, 0.5) is 5.13 Å². The molecule has 0 saturated carbocycles. The lowest BCUT2D eigenvalue weighted by Crippen LogP contribution is -2.05. The maximum absolute atomic E-state index is 4.24. The van der Waals surface area contributed by atoms with Crippen molar-refractivity contribution in [2.75, 3.05) is 11.9 Å². The second kappa shape index (κ2) is 4.84. The van der Waals surface area contributed by atoms with E-state index in [0.717, 1.165) is 28.8 Å². The van der Waals surface area contributed by atoms with Gasteiger partial charge in [0, 0.05) is 24.9 Å². The molecule has 0 radical (unpaired) electrons. The fourth-order valence-corrected chi connectivity index (χ4v) is 1.83. The van der Waals surface area contributed by atoms with E-state index in [2.05, 4.69) is 20.5 Å². The van der Waals surface area contributed by atoms with Gasteiger partial charge in [-0.2, -0.15) is 0 Å². The van der Waals surface area contributed by atoms with Crippen LogP contribution in [0.1, 0.15) is 10.7 Å². The molecular formula is C10H12N4S. The maximum Gasteiger partial charge on any atom is 0.205 e. The standard InChI is InChI=1S/C10H12N4S/c1-8-13-14-10(15-8)12-7-5-9-4-2-3-6-11-9/h2-4,6H,5,7H2,1H3,(H,12,14). The first-order valence-corrected chi connectivity index (χ1v) is 5.60. The monoisotopic (exact) mass is 220 g/mol. The van der Waals surface area contributed by atoms with Crippen LogP contribution < -0.4 is 5.32 Å². The quantitative estimate of drug-likeness (QED) is 0.855. The average molecular weight is 220 g/mol. The SMILES string of the molecule is Cc1nnc(NCCc2ccccn2)s1. The Kier molecular flexibility index (Phi) is 3.24. The first-order valence-electron chi connectivity index (χ1n) is 4.78. The van der Waals surface area contributed by atoms with E-state index in [-0.39, 0.29) is 0 Å². The number of rotatable bonds is 4. The zero-order valence-corrected chi connectivity index (χ0v) is 9.29. The van der Waals surface area contributed by atoms with Crippen molar-refractivity contribution < 1.29 is 0 Å². The highest BCUT2D eigenvalue weighted by molar-refractivity contribution is 7.15. The van der Waals surface area contributed by atoms with Crippen molar-refractivity contribution >= 4 is 16.5 Å². The molecule has 4 nitrogen and oxygen atoms in total. The molecule has 2 rings (SSSR count). The van der Waals surface area contributed by atoms with Crippen molar-refractivity contribution in [3.63, 3.8) is 0 Å². The number of anilines is 1. The minimum absolute atomic E-state index is 0.839. The topological polar surface area (TPSA) is 50.7 Å². The van der Waals surface area contributed by atoms with Gasteiger partial charge in [-0.15, -0.1) is 10.2 Å². The van der Waals surface area contributed by atoms with Crippen molar-refractivity contribution in [3.05, 3.63) is 35.1 Å². The van der Waals surface area contributed by atoms with Gasteiger partial charge in [0.1, 0.15) is 5.01 Å². The molecule has 1 N–H and O–H groups in total. The summed E-state index contributed by atoms with van der Waals surface area (Å²) in [4.78, 5) is 4.24. The minimum atomic E-state index is 0.839. The Hall–Kier alpha value is -1.49. The molecule has 0 aliphatic heterocycles. The molecule has 5 heteroatoms. The maximum atomic E-state index is 4.24. The number of aromatic nitrogens is 3. The van der Waals surface area contributed by atoms with Gasteiger partial charge in [0.25, 0.3) is 0 Å². The van der Waals surface area contributed by atoms with Crippen molar-refractivity contribution in [2.24, 2.45) is 0 Å². The fourth-order valence-electron chi connectivity index (χ4n) is 1.21. The molecule has 0 aliphatic carbocycles. The molecule has 78 valence electrons. The highest BCUT2D eigenvalue weighted by Crippen LogP contribution is 2.13. The molecule has 0 aromatic carbocycles. The summed E-state index contributed by atoms with van der Waals surface area (Å²) >= 11 is 1.57. The molecule has 0 unspecified atom stereocenters. The molecule has 0 saturated heterocycles. The highest BCUT2D eigenvalue weighted by Gasteiger charge is 1.98. The number of nitrogens with one attached hydrogen (secondary N) is 1. The van der Waals surface area contributed by atoms with Crippen LogP contribution in [0.25, 0.3) is 0 Å². The predicted octanol–water partition coefficient (Wildman–Crippen LogP) is 1.90. The number of aryl methyl sites for hydroxylation is 1. The first-order chi connectivity index (χ1) is 7.34. The molecule has 0 fully saturated rings. The van der Waals surface area contributed by atoms with E-state index in [1.54, 1.807) is 11.3 Å². The minimum Gasteiger partial charge on any atom is -0.360 e. The molecule has 0 atom stereocenters. The molecule has 15 heavy (non-hydrogen) atoms. The van der Waals surface area contributed by atoms with E-state index in [9.17, 15) is 0 Å². The van der Waals surface area contributed by atoms with Crippen LogP contribution in [0.3, 0.4) is 0 Å². The van der Waals surface area contributed by atoms with Crippen LogP contribution in [0.15, 0.2) is 24.4 Å². The van der Waals surface area contributed by atoms with E-state index >= 15 is 0 Å². The van der Waals surface area contributed by atoms with Gasteiger partial charge in [-0.3, -0.25) is 4.98 Å². The van der Waals surface area contributed by atoms with Crippen molar-refractivity contribution in [1.82, 2.24) is 15.2 Å². The second-order valence-electron chi connectivity index (χ2n) is 3.12. The summed E-state index contributed by atoms with van der Waals surface area (Å²) in [6.07, 6.45) is 2.71. The summed E-state index contributed by atoms with van der Waals surface area (Å²) in [5, 5.41) is 13.0. The third-order valence-corrected chi connectivity index (χ3v) is 2.71. The molecule has 2 aromatic heterocycles. The van der Waals surface area contributed by atoms with Gasteiger partial charge >= 0.3 is 0 Å². The fraction of sp³-hybridized carbons (Fsp3) is 0.300. The van der Waals surface area contributed by atoms with Crippen LogP contribution in [0.5, 0.6) is 0 Å². The summed E-state index contributed by atoms with van der Waals surface area (Å²) in [7, 11) is 0. The van der Waals surface area contributed by atoms with Crippen molar-refractivity contribution in [3.8, 4) is 0 Å². The molecular weight excluding hydrogens is 208 g/mol. The van der Waals surface area contributed by atoms with Crippen LogP contribution in [0.2, 0.25) is 0 Å². The van der Waals surface area contributed by atoms with Gasteiger partial charge in [0.15, 0.2) is 0 Å². The summed E-state index contributed by atoms with van der Waals surface area (Å²) < 4.78 is 0. The summed E-state index contributed by atoms with van der Waals surface area (Å²) in [5.74, 6) is 0. The van der Waals surface area contributed by atoms with Gasteiger partial charge in [0.05, 0.1) is 0 Å². The van der Waals surface area contributed by atoms with Gasteiger partial charge in [-0.25, -0.2) is 0 Å². The third kappa shape index (κ3) is 2.99. The van der Waals surface area contributed by atoms with E-state index in [1.807, 2.05) is 31.3 Å². The van der Waals surface area contributed by atoms with Crippen molar-refractivity contribution in [2.45, 2.75) is 13.3 Å². The molecule has 0 bridgehead atoms. The van der Waals surface area contributed by atoms with E-state index < -0.39 is 0 Å². The van der Waals surface area contributed by atoms with E-state index in [1.165, 1.54) is 0 Å². The lowest BCUT2D eigenvalue weighted by atomic mass is 10.3. The molecule has 2 aromatic rings. The second-order valence-corrected chi connectivity index (χ2v) is 4.31. The van der Waals surface area contributed by atoms with E-state index in [0.29, 0.717) is 0 Å². The zero-order chi connectivity index (χ0) is 10.5. The smallest absolute Gasteiger partial charge is 0.205 e. The third-order valence-electron chi connectivity index (χ3n) is 1.91. The Bertz CT molecular complexity index is 412. The summed E-state index contributed by atoms with van der Waals surface area (Å²) in [5.41, 5.74) is 1.09. The Labute approximate surface area is 92.4 Å². The molecule has 0 spiro atoms. The number of hydrogen-bond acceptors (Lipinski definition) is 5. The van der Waals surface area contributed by atoms with Gasteiger partial charge < -0.3 is 5.32 Å². The first kappa shape index (κ1) is 10.0. The Morgan fingerprint density at radius 1 is 1.33 bits per heavy atom. The highest BCUT2D eigenvalue weighted by atomic mass is 32.1. The van der Waals surface area contributed by atoms with Crippen LogP contribution in [-0.4, -0.2) is 21.7 Å². The number of nitrogens with zero attached hydrogens (tertiary/aromatic N) is 3. The average Bonchev–Trinajstić information content (AvgIpc) is 2.66. The van der Waals surface area contributed by atoms with Crippen LogP contribution >= 0.6 is 11.3 Å². The van der Waals surface area contributed by atoms with E-state index in [4.69, 9.17) is 0 Å². The Balaban J connectivity index is 1.80. The normalized spacial score (nSPS) is 10.2. The predicted molar refractivity (Wildman–Crippen MR) is 61.1 cm³/mol. The van der Waals surface area contributed by atoms with Crippen LogP contribution in [-0.2, 0) is 6.42 Å². The largest absolute Gasteiger partial charge is 0.360 e. The lowest BCUT2D eigenvalue weighted by molar-refractivity contribution is 0.947. The molecule has 0 amide bonds. The van der Waals surface area contributed by atoms with Crippen molar-refractivity contribution in [1.29, 1.82) is 0 Å². The lowest BCUT2D eigenvalue weighted by Gasteiger charge is -2.00. The zero-order valence-electron chi connectivity index (χ0n) is 8.47. The summed E-state index contributed by atoms with van der Waals surface area (Å²) in [6, 6.07) is 5.94. The Morgan fingerprint density at radius 3 is 2.93 bits per heavy atom. The molecule has 2 heterocycles. The molecule has 0 aliphatic rings. The van der Waals surface area contributed by atoms with Gasteiger partial charge in [0.2, 0.25) is 5.13 Å². The van der Waals surface area contributed by atoms with Crippen LogP contribution in [0, 0.1) is 6.92 Å². The Morgan fingerprint density at radius 2 is 2.27 bits per heavy atom. The number of pyridine rings is 1. The van der Waals surface area contributed by atoms with Gasteiger partial charge in [-0.1, -0.05) is 17.4 Å². The summed E-state index contributed by atoms with van der Waals surface area (Å²) in [6.45, 7) is 2.78.